The summed E-state index contributed by atoms with van der Waals surface area (Å²) < 4.78 is 18.0. The quantitative estimate of drug-likeness (QED) is 0.930. The van der Waals surface area contributed by atoms with Gasteiger partial charge in [0.25, 0.3) is 5.91 Å². The minimum atomic E-state index is -0.566. The fraction of sp³-hybridized carbons (Fsp3) is 0.500. The number of halogens is 1. The molecule has 1 aromatic rings. The Labute approximate surface area is 130 Å². The lowest BCUT2D eigenvalue weighted by Crippen LogP contribution is -2.44. The van der Waals surface area contributed by atoms with Crippen LogP contribution < -0.4 is 5.32 Å². The Morgan fingerprint density at radius 3 is 2.32 bits per heavy atom. The Morgan fingerprint density at radius 1 is 1.27 bits per heavy atom. The molecule has 0 fully saturated rings. The van der Waals surface area contributed by atoms with Crippen LogP contribution in [0, 0.1) is 5.82 Å². The first-order valence-corrected chi connectivity index (χ1v) is 7.10. The molecule has 0 saturated carbocycles. The van der Waals surface area contributed by atoms with Gasteiger partial charge in [-0.25, -0.2) is 9.18 Å². The van der Waals surface area contributed by atoms with Crippen molar-refractivity contribution >= 4 is 12.0 Å². The smallest absolute Gasteiger partial charge is 0.407 e. The number of carbonyl (C=O) groups excluding carboxylic acids is 2. The highest BCUT2D eigenvalue weighted by Crippen LogP contribution is 2.09. The molecular formula is C16H23FN2O3. The number of hydrogen-bond acceptors (Lipinski definition) is 3. The maximum atomic E-state index is 12.9. The summed E-state index contributed by atoms with van der Waals surface area (Å²) in [6, 6.07) is 5.12. The second-order valence-electron chi connectivity index (χ2n) is 6.15. The van der Waals surface area contributed by atoms with Crippen LogP contribution in [0.3, 0.4) is 0 Å². The zero-order chi connectivity index (χ0) is 16.9. The number of likely N-dealkylation sites (N-methyl/N-ethyl adjacent to an activating group) is 1. The second-order valence-corrected chi connectivity index (χ2v) is 6.15. The molecule has 1 aromatic carbocycles. The van der Waals surface area contributed by atoms with Crippen LogP contribution in [0.15, 0.2) is 24.3 Å². The summed E-state index contributed by atoms with van der Waals surface area (Å²) >= 11 is 0. The number of ether oxygens (including phenoxy) is 1. The molecule has 0 spiro atoms. The van der Waals surface area contributed by atoms with Gasteiger partial charge in [-0.15, -0.1) is 0 Å². The highest BCUT2D eigenvalue weighted by atomic mass is 19.1. The topological polar surface area (TPSA) is 58.6 Å². The molecule has 1 rings (SSSR count). The number of alkyl carbamates (subject to hydrolysis) is 1. The van der Waals surface area contributed by atoms with Gasteiger partial charge in [0.2, 0.25) is 0 Å². The summed E-state index contributed by atoms with van der Waals surface area (Å²) in [5.41, 5.74) is -0.170. The lowest BCUT2D eigenvalue weighted by atomic mass is 10.1. The third kappa shape index (κ3) is 5.71. The van der Waals surface area contributed by atoms with E-state index in [1.807, 2.05) is 0 Å². The monoisotopic (exact) mass is 310 g/mol. The maximum Gasteiger partial charge on any atom is 0.407 e. The highest BCUT2D eigenvalue weighted by molar-refractivity contribution is 5.94. The molecular weight excluding hydrogens is 287 g/mol. The predicted molar refractivity (Wildman–Crippen MR) is 82.2 cm³/mol. The summed E-state index contributed by atoms with van der Waals surface area (Å²) in [5, 5.41) is 2.62. The lowest BCUT2D eigenvalue weighted by Gasteiger charge is -2.26. The Morgan fingerprint density at radius 2 is 1.82 bits per heavy atom. The number of carbonyl (C=O) groups is 2. The largest absolute Gasteiger partial charge is 0.444 e. The van der Waals surface area contributed by atoms with E-state index in [-0.39, 0.29) is 24.3 Å². The van der Waals surface area contributed by atoms with Gasteiger partial charge in [0.1, 0.15) is 11.4 Å². The molecule has 0 aliphatic heterocycles. The van der Waals surface area contributed by atoms with Gasteiger partial charge in [-0.1, -0.05) is 0 Å². The van der Waals surface area contributed by atoms with Gasteiger partial charge in [0, 0.05) is 25.2 Å². The van der Waals surface area contributed by atoms with Gasteiger partial charge in [0.15, 0.2) is 0 Å². The molecule has 1 atom stereocenters. The van der Waals surface area contributed by atoms with E-state index in [1.54, 1.807) is 34.7 Å². The van der Waals surface area contributed by atoms with Gasteiger partial charge in [-0.05, 0) is 52.0 Å². The average molecular weight is 310 g/mol. The Bertz CT molecular complexity index is 523. The fourth-order valence-electron chi connectivity index (χ4n) is 1.68. The standard InChI is InChI=1S/C16H23FN2O3/c1-11(10-18-15(21)22-16(2,3)4)19(5)14(20)12-6-8-13(17)9-7-12/h6-9,11H,10H2,1-5H3,(H,18,21). The van der Waals surface area contributed by atoms with Gasteiger partial charge >= 0.3 is 6.09 Å². The van der Waals surface area contributed by atoms with Crippen LogP contribution in [0.25, 0.3) is 0 Å². The van der Waals surface area contributed by atoms with Crippen LogP contribution in [0.5, 0.6) is 0 Å². The van der Waals surface area contributed by atoms with E-state index in [0.717, 1.165) is 0 Å². The molecule has 0 radical (unpaired) electrons. The van der Waals surface area contributed by atoms with Crippen LogP contribution in [-0.4, -0.2) is 42.1 Å². The van der Waals surface area contributed by atoms with E-state index in [2.05, 4.69) is 5.32 Å². The van der Waals surface area contributed by atoms with Crippen molar-refractivity contribution in [3.63, 3.8) is 0 Å². The molecule has 0 bridgehead atoms. The van der Waals surface area contributed by atoms with E-state index in [0.29, 0.717) is 5.56 Å². The van der Waals surface area contributed by atoms with Crippen LogP contribution in [-0.2, 0) is 4.74 Å². The molecule has 0 aromatic heterocycles. The van der Waals surface area contributed by atoms with Crippen molar-refractivity contribution in [1.82, 2.24) is 10.2 Å². The van der Waals surface area contributed by atoms with Crippen molar-refractivity contribution in [3.8, 4) is 0 Å². The average Bonchev–Trinajstić information content (AvgIpc) is 2.42. The first-order chi connectivity index (χ1) is 10.1. The summed E-state index contributed by atoms with van der Waals surface area (Å²) in [7, 11) is 1.63. The molecule has 0 saturated heterocycles. The van der Waals surface area contributed by atoms with Gasteiger partial charge < -0.3 is 15.0 Å². The number of nitrogens with one attached hydrogen (secondary N) is 1. The minimum Gasteiger partial charge on any atom is -0.444 e. The Hall–Kier alpha value is -2.11. The molecule has 0 aliphatic carbocycles. The molecule has 6 heteroatoms. The summed E-state index contributed by atoms with van der Waals surface area (Å²) in [4.78, 5) is 25.3. The summed E-state index contributed by atoms with van der Waals surface area (Å²) in [6.07, 6.45) is -0.526. The van der Waals surface area contributed by atoms with E-state index in [1.165, 1.54) is 29.2 Å². The van der Waals surface area contributed by atoms with Crippen LogP contribution in [0.4, 0.5) is 9.18 Å². The van der Waals surface area contributed by atoms with Gasteiger partial charge in [0.05, 0.1) is 0 Å². The zero-order valence-corrected chi connectivity index (χ0v) is 13.6. The molecule has 1 unspecified atom stereocenters. The Balaban J connectivity index is 2.54. The molecule has 5 nitrogen and oxygen atoms in total. The van der Waals surface area contributed by atoms with Gasteiger partial charge in [-0.3, -0.25) is 4.79 Å². The molecule has 2 amide bonds. The first-order valence-electron chi connectivity index (χ1n) is 7.10. The third-order valence-corrected chi connectivity index (χ3v) is 3.01. The van der Waals surface area contributed by atoms with Crippen molar-refractivity contribution in [2.24, 2.45) is 0 Å². The first kappa shape index (κ1) is 17.9. The lowest BCUT2D eigenvalue weighted by molar-refractivity contribution is 0.0501. The van der Waals surface area contributed by atoms with E-state index in [4.69, 9.17) is 4.74 Å². The summed E-state index contributed by atoms with van der Waals surface area (Å²) in [6.45, 7) is 7.40. The van der Waals surface area contributed by atoms with Crippen LogP contribution in [0.1, 0.15) is 38.1 Å². The number of rotatable bonds is 4. The molecule has 22 heavy (non-hydrogen) atoms. The molecule has 0 aliphatic rings. The highest BCUT2D eigenvalue weighted by Gasteiger charge is 2.20. The van der Waals surface area contributed by atoms with Crippen LogP contribution >= 0.6 is 0 Å². The van der Waals surface area contributed by atoms with Crippen molar-refractivity contribution in [1.29, 1.82) is 0 Å². The van der Waals surface area contributed by atoms with Crippen molar-refractivity contribution in [2.75, 3.05) is 13.6 Å². The molecule has 0 heterocycles. The maximum absolute atomic E-state index is 12.9. The van der Waals surface area contributed by atoms with Crippen molar-refractivity contribution < 1.29 is 18.7 Å². The minimum absolute atomic E-state index is 0.231. The Kier molecular flexibility index (Phi) is 5.91. The van der Waals surface area contributed by atoms with Crippen molar-refractivity contribution in [2.45, 2.75) is 39.3 Å². The van der Waals surface area contributed by atoms with Gasteiger partial charge in [-0.2, -0.15) is 0 Å². The number of nitrogens with zero attached hydrogens (tertiary/aromatic N) is 1. The van der Waals surface area contributed by atoms with E-state index >= 15 is 0 Å². The third-order valence-electron chi connectivity index (χ3n) is 3.01. The number of hydrogen-bond donors (Lipinski definition) is 1. The predicted octanol–water partition coefficient (Wildman–Crippen LogP) is 2.81. The van der Waals surface area contributed by atoms with Crippen molar-refractivity contribution in [3.05, 3.63) is 35.6 Å². The molecule has 1 N–H and O–H groups in total. The van der Waals surface area contributed by atoms with E-state index < -0.39 is 11.7 Å². The fourth-order valence-corrected chi connectivity index (χ4v) is 1.68. The van der Waals surface area contributed by atoms with E-state index in [9.17, 15) is 14.0 Å². The zero-order valence-electron chi connectivity index (χ0n) is 13.6. The summed E-state index contributed by atoms with van der Waals surface area (Å²) in [5.74, 6) is -0.627. The normalized spacial score (nSPS) is 12.5. The molecule has 122 valence electrons. The SMILES string of the molecule is CC(CNC(=O)OC(C)(C)C)N(C)C(=O)c1ccc(F)cc1. The second kappa shape index (κ2) is 7.24. The van der Waals surface area contributed by atoms with Crippen LogP contribution in [0.2, 0.25) is 0 Å². The number of benzene rings is 1. The number of amides is 2.